The Hall–Kier alpha value is -2.25. The molecule has 0 saturated carbocycles. The van der Waals surface area contributed by atoms with Gasteiger partial charge in [0, 0.05) is 37.8 Å². The minimum Gasteiger partial charge on any atom is -0.336 e. The molecule has 2 saturated heterocycles. The van der Waals surface area contributed by atoms with Crippen molar-refractivity contribution in [2.45, 2.75) is 25.8 Å². The average molecular weight is 385 g/mol. The van der Waals surface area contributed by atoms with Gasteiger partial charge in [-0.1, -0.05) is 30.3 Å². The first-order chi connectivity index (χ1) is 13.1. The van der Waals surface area contributed by atoms with Crippen molar-refractivity contribution in [2.75, 3.05) is 32.7 Å². The molecule has 6 nitrogen and oxygen atoms in total. The van der Waals surface area contributed by atoms with Gasteiger partial charge in [-0.25, -0.2) is 4.98 Å². The SMILES string of the molecule is Cc1nc(-c2ccccc2)sc1C(=O)N1CCCC(N2CCNCC2=O)C1. The maximum Gasteiger partial charge on any atom is 0.265 e. The Kier molecular flexibility index (Phi) is 5.22. The summed E-state index contributed by atoms with van der Waals surface area (Å²) in [5.41, 5.74) is 1.82. The van der Waals surface area contributed by atoms with Crippen LogP contribution < -0.4 is 5.32 Å². The molecule has 1 aromatic carbocycles. The number of piperazine rings is 1. The summed E-state index contributed by atoms with van der Waals surface area (Å²) in [6.45, 7) is 5.21. The van der Waals surface area contributed by atoms with Gasteiger partial charge in [0.25, 0.3) is 5.91 Å². The van der Waals surface area contributed by atoms with Crippen molar-refractivity contribution in [3.63, 3.8) is 0 Å². The number of carbonyl (C=O) groups excluding carboxylic acids is 2. The maximum absolute atomic E-state index is 13.2. The van der Waals surface area contributed by atoms with Crippen LogP contribution in [-0.2, 0) is 4.79 Å². The Morgan fingerprint density at radius 2 is 2.07 bits per heavy atom. The number of nitrogens with zero attached hydrogens (tertiary/aromatic N) is 3. The summed E-state index contributed by atoms with van der Waals surface area (Å²) in [4.78, 5) is 34.5. The summed E-state index contributed by atoms with van der Waals surface area (Å²) in [6, 6.07) is 10.1. The lowest BCUT2D eigenvalue weighted by Crippen LogP contribution is -2.57. The van der Waals surface area contributed by atoms with Gasteiger partial charge in [-0.05, 0) is 19.8 Å². The zero-order valence-electron chi connectivity index (χ0n) is 15.5. The van der Waals surface area contributed by atoms with Crippen LogP contribution in [0.2, 0.25) is 0 Å². The number of hydrogen-bond acceptors (Lipinski definition) is 5. The zero-order valence-corrected chi connectivity index (χ0v) is 16.3. The lowest BCUT2D eigenvalue weighted by Gasteiger charge is -2.41. The van der Waals surface area contributed by atoms with Gasteiger partial charge >= 0.3 is 0 Å². The quantitative estimate of drug-likeness (QED) is 0.881. The van der Waals surface area contributed by atoms with Crippen molar-refractivity contribution >= 4 is 23.2 Å². The number of nitrogens with one attached hydrogen (secondary N) is 1. The summed E-state index contributed by atoms with van der Waals surface area (Å²) < 4.78 is 0. The van der Waals surface area contributed by atoms with Crippen molar-refractivity contribution in [3.8, 4) is 10.6 Å². The number of amides is 2. The molecule has 2 aliphatic heterocycles. The van der Waals surface area contributed by atoms with Gasteiger partial charge in [-0.3, -0.25) is 9.59 Å². The molecule has 0 bridgehead atoms. The second-order valence-electron chi connectivity index (χ2n) is 7.11. The summed E-state index contributed by atoms with van der Waals surface area (Å²) >= 11 is 1.46. The smallest absolute Gasteiger partial charge is 0.265 e. The minimum atomic E-state index is 0.0412. The molecule has 7 heteroatoms. The molecule has 27 heavy (non-hydrogen) atoms. The number of likely N-dealkylation sites (tertiary alicyclic amines) is 1. The number of hydrogen-bond donors (Lipinski definition) is 1. The monoisotopic (exact) mass is 384 g/mol. The van der Waals surface area contributed by atoms with Crippen LogP contribution in [0.25, 0.3) is 10.6 Å². The van der Waals surface area contributed by atoms with E-state index in [4.69, 9.17) is 0 Å². The summed E-state index contributed by atoms with van der Waals surface area (Å²) in [7, 11) is 0. The van der Waals surface area contributed by atoms with Gasteiger partial charge < -0.3 is 15.1 Å². The van der Waals surface area contributed by atoms with Crippen molar-refractivity contribution in [3.05, 3.63) is 40.9 Å². The van der Waals surface area contributed by atoms with Crippen molar-refractivity contribution in [2.24, 2.45) is 0 Å². The molecule has 2 aliphatic rings. The fourth-order valence-corrected chi connectivity index (χ4v) is 4.88. The molecule has 142 valence electrons. The minimum absolute atomic E-state index is 0.0412. The van der Waals surface area contributed by atoms with E-state index in [1.165, 1.54) is 11.3 Å². The van der Waals surface area contributed by atoms with Gasteiger partial charge in [0.1, 0.15) is 9.88 Å². The Morgan fingerprint density at radius 3 is 2.85 bits per heavy atom. The molecule has 0 spiro atoms. The number of aryl methyl sites for hydroxylation is 1. The van der Waals surface area contributed by atoms with E-state index in [0.29, 0.717) is 18.0 Å². The maximum atomic E-state index is 13.2. The van der Waals surface area contributed by atoms with E-state index in [1.54, 1.807) is 0 Å². The number of carbonyl (C=O) groups is 2. The molecule has 1 aromatic heterocycles. The van der Waals surface area contributed by atoms with Crippen LogP contribution in [0.5, 0.6) is 0 Å². The largest absolute Gasteiger partial charge is 0.336 e. The van der Waals surface area contributed by atoms with Crippen LogP contribution in [0, 0.1) is 6.92 Å². The molecule has 2 aromatic rings. The molecular formula is C20H24N4O2S. The van der Waals surface area contributed by atoms with Crippen LogP contribution in [0.15, 0.2) is 30.3 Å². The Morgan fingerprint density at radius 1 is 1.26 bits per heavy atom. The summed E-state index contributed by atoms with van der Waals surface area (Å²) in [6.07, 6.45) is 1.89. The third-order valence-electron chi connectivity index (χ3n) is 5.26. The van der Waals surface area contributed by atoms with E-state index < -0.39 is 0 Å². The van der Waals surface area contributed by atoms with E-state index in [9.17, 15) is 9.59 Å². The Bertz CT molecular complexity index is 836. The summed E-state index contributed by atoms with van der Waals surface area (Å²) in [5.74, 6) is 0.181. The molecule has 0 aliphatic carbocycles. The van der Waals surface area contributed by atoms with E-state index in [0.717, 1.165) is 48.7 Å². The van der Waals surface area contributed by atoms with Crippen molar-refractivity contribution in [1.29, 1.82) is 0 Å². The van der Waals surface area contributed by atoms with Crippen LogP contribution in [-0.4, -0.2) is 65.4 Å². The standard InChI is InChI=1S/C20H24N4O2S/c1-14-18(27-19(22-14)15-6-3-2-4-7-15)20(26)23-10-5-8-16(13-23)24-11-9-21-12-17(24)25/h2-4,6-7,16,21H,5,8-13H2,1H3. The van der Waals surface area contributed by atoms with E-state index >= 15 is 0 Å². The number of rotatable bonds is 3. The van der Waals surface area contributed by atoms with Gasteiger partial charge in [0.15, 0.2) is 0 Å². The Balaban J connectivity index is 1.51. The first-order valence-electron chi connectivity index (χ1n) is 9.46. The molecule has 2 amide bonds. The lowest BCUT2D eigenvalue weighted by atomic mass is 10.0. The molecule has 1 N–H and O–H groups in total. The normalized spacial score (nSPS) is 20.8. The molecule has 1 atom stereocenters. The highest BCUT2D eigenvalue weighted by Gasteiger charge is 2.33. The van der Waals surface area contributed by atoms with E-state index in [2.05, 4.69) is 10.3 Å². The van der Waals surface area contributed by atoms with Crippen LogP contribution in [0.1, 0.15) is 28.2 Å². The molecule has 2 fully saturated rings. The second-order valence-corrected chi connectivity index (χ2v) is 8.11. The number of thiazole rings is 1. The van der Waals surface area contributed by atoms with Gasteiger partial charge in [0.2, 0.25) is 5.91 Å². The summed E-state index contributed by atoms with van der Waals surface area (Å²) in [5, 5.41) is 3.99. The third-order valence-corrected chi connectivity index (χ3v) is 6.46. The predicted octanol–water partition coefficient (Wildman–Crippen LogP) is 2.15. The van der Waals surface area contributed by atoms with Gasteiger partial charge in [0.05, 0.1) is 12.2 Å². The van der Waals surface area contributed by atoms with Crippen LogP contribution in [0.3, 0.4) is 0 Å². The van der Waals surface area contributed by atoms with E-state index in [-0.39, 0.29) is 17.9 Å². The molecule has 1 unspecified atom stereocenters. The second kappa shape index (κ2) is 7.78. The first-order valence-corrected chi connectivity index (χ1v) is 10.3. The molecular weight excluding hydrogens is 360 g/mol. The van der Waals surface area contributed by atoms with E-state index in [1.807, 2.05) is 47.1 Å². The third kappa shape index (κ3) is 3.75. The van der Waals surface area contributed by atoms with Gasteiger partial charge in [-0.15, -0.1) is 11.3 Å². The Labute approximate surface area is 163 Å². The number of aromatic nitrogens is 1. The topological polar surface area (TPSA) is 65.5 Å². The fraction of sp³-hybridized carbons (Fsp3) is 0.450. The average Bonchev–Trinajstić information content (AvgIpc) is 3.10. The zero-order chi connectivity index (χ0) is 18.8. The van der Waals surface area contributed by atoms with Crippen molar-refractivity contribution < 1.29 is 9.59 Å². The predicted molar refractivity (Wildman–Crippen MR) is 106 cm³/mol. The number of benzene rings is 1. The fourth-order valence-electron chi connectivity index (χ4n) is 3.84. The molecule has 0 radical (unpaired) electrons. The first kappa shape index (κ1) is 18.1. The molecule has 3 heterocycles. The van der Waals surface area contributed by atoms with Crippen LogP contribution in [0.4, 0.5) is 0 Å². The molecule has 4 rings (SSSR count). The van der Waals surface area contributed by atoms with Crippen molar-refractivity contribution in [1.82, 2.24) is 20.1 Å². The highest BCUT2D eigenvalue weighted by Crippen LogP contribution is 2.29. The highest BCUT2D eigenvalue weighted by molar-refractivity contribution is 7.17. The van der Waals surface area contributed by atoms with Crippen LogP contribution >= 0.6 is 11.3 Å². The van der Waals surface area contributed by atoms with Gasteiger partial charge in [-0.2, -0.15) is 0 Å². The lowest BCUT2D eigenvalue weighted by molar-refractivity contribution is -0.135. The highest BCUT2D eigenvalue weighted by atomic mass is 32.1. The number of piperidine rings is 1.